The molecular weight excluding hydrogens is 338 g/mol. The summed E-state index contributed by atoms with van der Waals surface area (Å²) < 4.78 is 0. The number of nitrogens with one attached hydrogen (secondary N) is 1. The number of carbonyl (C=O) groups is 1. The third-order valence-corrected chi connectivity index (χ3v) is 4.85. The molecule has 2 aromatic heterocycles. The third kappa shape index (κ3) is 3.77. The number of thiophene rings is 1. The zero-order valence-electron chi connectivity index (χ0n) is 12.8. The number of nitrogens with zero attached hydrogens (tertiary/aromatic N) is 2. The number of nitriles is 1. The highest BCUT2D eigenvalue weighted by molar-refractivity contribution is 7.14. The first kappa shape index (κ1) is 16.1. The Morgan fingerprint density at radius 3 is 2.71 bits per heavy atom. The van der Waals surface area contributed by atoms with Crippen molar-refractivity contribution in [1.29, 1.82) is 5.26 Å². The normalized spacial score (nSPS) is 11.1. The van der Waals surface area contributed by atoms with Gasteiger partial charge in [0.15, 0.2) is 0 Å². The summed E-state index contributed by atoms with van der Waals surface area (Å²) in [6.45, 7) is 1.97. The molecule has 118 valence electrons. The summed E-state index contributed by atoms with van der Waals surface area (Å²) in [6, 6.07) is 11.3. The SMILES string of the molecule is Cc1ccc(NC(=O)/C(C#N)=C\c2csc(-c3ccsc3)n2)cc1. The zero-order chi connectivity index (χ0) is 16.9. The van der Waals surface area contributed by atoms with Gasteiger partial charge in [0.25, 0.3) is 5.91 Å². The van der Waals surface area contributed by atoms with Gasteiger partial charge in [-0.1, -0.05) is 17.7 Å². The lowest BCUT2D eigenvalue weighted by atomic mass is 10.2. The van der Waals surface area contributed by atoms with Crippen LogP contribution < -0.4 is 5.32 Å². The quantitative estimate of drug-likeness (QED) is 0.546. The highest BCUT2D eigenvalue weighted by Crippen LogP contribution is 2.26. The van der Waals surface area contributed by atoms with E-state index in [0.29, 0.717) is 11.4 Å². The fourth-order valence-corrected chi connectivity index (χ4v) is 3.49. The van der Waals surface area contributed by atoms with Crippen LogP contribution >= 0.6 is 22.7 Å². The van der Waals surface area contributed by atoms with Crippen LogP contribution in [0.5, 0.6) is 0 Å². The predicted molar refractivity (Wildman–Crippen MR) is 98.8 cm³/mol. The number of aryl methyl sites for hydroxylation is 1. The number of rotatable bonds is 4. The van der Waals surface area contributed by atoms with Crippen LogP contribution in [-0.4, -0.2) is 10.9 Å². The topological polar surface area (TPSA) is 65.8 Å². The Morgan fingerprint density at radius 1 is 1.25 bits per heavy atom. The lowest BCUT2D eigenvalue weighted by molar-refractivity contribution is -0.112. The Labute approximate surface area is 147 Å². The Kier molecular flexibility index (Phi) is 4.85. The largest absolute Gasteiger partial charge is 0.321 e. The Balaban J connectivity index is 1.78. The van der Waals surface area contributed by atoms with Crippen molar-refractivity contribution in [2.75, 3.05) is 5.32 Å². The molecule has 24 heavy (non-hydrogen) atoms. The number of anilines is 1. The average molecular weight is 351 g/mol. The van der Waals surface area contributed by atoms with E-state index >= 15 is 0 Å². The van der Waals surface area contributed by atoms with Crippen molar-refractivity contribution >= 4 is 40.3 Å². The monoisotopic (exact) mass is 351 g/mol. The molecule has 1 aromatic carbocycles. The number of hydrogen-bond donors (Lipinski definition) is 1. The molecule has 0 spiro atoms. The van der Waals surface area contributed by atoms with E-state index < -0.39 is 5.91 Å². The van der Waals surface area contributed by atoms with Gasteiger partial charge in [-0.2, -0.15) is 16.6 Å². The maximum Gasteiger partial charge on any atom is 0.266 e. The van der Waals surface area contributed by atoms with E-state index in [1.165, 1.54) is 17.4 Å². The first-order chi connectivity index (χ1) is 11.7. The first-order valence-corrected chi connectivity index (χ1v) is 8.96. The highest BCUT2D eigenvalue weighted by Gasteiger charge is 2.11. The summed E-state index contributed by atoms with van der Waals surface area (Å²) in [4.78, 5) is 16.7. The van der Waals surface area contributed by atoms with E-state index in [1.807, 2.05) is 47.3 Å². The molecule has 6 heteroatoms. The molecule has 0 aliphatic rings. The van der Waals surface area contributed by atoms with Crippen molar-refractivity contribution in [2.24, 2.45) is 0 Å². The smallest absolute Gasteiger partial charge is 0.266 e. The molecule has 3 rings (SSSR count). The lowest BCUT2D eigenvalue weighted by Gasteiger charge is -2.04. The van der Waals surface area contributed by atoms with Gasteiger partial charge in [-0.25, -0.2) is 4.98 Å². The lowest BCUT2D eigenvalue weighted by Crippen LogP contribution is -2.13. The molecule has 0 unspecified atom stereocenters. The average Bonchev–Trinajstić information content (AvgIpc) is 3.25. The van der Waals surface area contributed by atoms with Gasteiger partial charge < -0.3 is 5.32 Å². The van der Waals surface area contributed by atoms with E-state index in [1.54, 1.807) is 23.5 Å². The van der Waals surface area contributed by atoms with E-state index in [9.17, 15) is 10.1 Å². The van der Waals surface area contributed by atoms with Gasteiger partial charge in [0.1, 0.15) is 16.6 Å². The fourth-order valence-electron chi connectivity index (χ4n) is 2.00. The van der Waals surface area contributed by atoms with E-state index in [2.05, 4.69) is 10.3 Å². The maximum absolute atomic E-state index is 12.2. The molecule has 3 aromatic rings. The summed E-state index contributed by atoms with van der Waals surface area (Å²) in [7, 11) is 0. The van der Waals surface area contributed by atoms with Gasteiger partial charge in [0.05, 0.1) is 5.69 Å². The van der Waals surface area contributed by atoms with Crippen molar-refractivity contribution < 1.29 is 4.79 Å². The van der Waals surface area contributed by atoms with Gasteiger partial charge in [-0.15, -0.1) is 11.3 Å². The molecule has 0 radical (unpaired) electrons. The number of thiazole rings is 1. The van der Waals surface area contributed by atoms with Crippen LogP contribution in [0.25, 0.3) is 16.6 Å². The van der Waals surface area contributed by atoms with Crippen molar-refractivity contribution in [1.82, 2.24) is 4.98 Å². The van der Waals surface area contributed by atoms with E-state index in [4.69, 9.17) is 0 Å². The summed E-state index contributed by atoms with van der Waals surface area (Å²) >= 11 is 3.09. The Bertz CT molecular complexity index is 916. The fraction of sp³-hybridized carbons (Fsp3) is 0.0556. The number of carbonyl (C=O) groups excluding carboxylic acids is 1. The van der Waals surface area contributed by atoms with Crippen molar-refractivity contribution in [2.45, 2.75) is 6.92 Å². The Hall–Kier alpha value is -2.75. The molecular formula is C18H13N3OS2. The second-order valence-electron chi connectivity index (χ2n) is 5.08. The Morgan fingerprint density at radius 2 is 2.04 bits per heavy atom. The van der Waals surface area contributed by atoms with Crippen LogP contribution in [0.1, 0.15) is 11.3 Å². The second-order valence-corrected chi connectivity index (χ2v) is 6.72. The minimum Gasteiger partial charge on any atom is -0.321 e. The number of hydrogen-bond acceptors (Lipinski definition) is 5. The molecule has 1 N–H and O–H groups in total. The van der Waals surface area contributed by atoms with E-state index in [0.717, 1.165) is 16.1 Å². The first-order valence-electron chi connectivity index (χ1n) is 7.13. The van der Waals surface area contributed by atoms with Gasteiger partial charge in [0, 0.05) is 22.0 Å². The molecule has 0 saturated heterocycles. The van der Waals surface area contributed by atoms with Crippen LogP contribution in [0.3, 0.4) is 0 Å². The van der Waals surface area contributed by atoms with Crippen molar-refractivity contribution in [3.05, 3.63) is 63.3 Å². The zero-order valence-corrected chi connectivity index (χ0v) is 14.4. The van der Waals surface area contributed by atoms with Gasteiger partial charge in [-0.05, 0) is 36.6 Å². The second kappa shape index (κ2) is 7.21. The molecule has 0 aliphatic carbocycles. The van der Waals surface area contributed by atoms with Gasteiger partial charge >= 0.3 is 0 Å². The predicted octanol–water partition coefficient (Wildman–Crippen LogP) is 4.73. The van der Waals surface area contributed by atoms with Crippen LogP contribution in [0.15, 0.2) is 52.0 Å². The molecule has 0 bridgehead atoms. The number of amides is 1. The highest BCUT2D eigenvalue weighted by atomic mass is 32.1. The summed E-state index contributed by atoms with van der Waals surface area (Å²) in [5.74, 6) is -0.438. The van der Waals surface area contributed by atoms with Gasteiger partial charge in [0.2, 0.25) is 0 Å². The van der Waals surface area contributed by atoms with Gasteiger partial charge in [-0.3, -0.25) is 4.79 Å². The summed E-state index contributed by atoms with van der Waals surface area (Å²) in [5, 5.41) is 18.7. The molecule has 0 saturated carbocycles. The molecule has 0 fully saturated rings. The molecule has 0 atom stereocenters. The number of benzene rings is 1. The van der Waals surface area contributed by atoms with Crippen molar-refractivity contribution in [3.63, 3.8) is 0 Å². The van der Waals surface area contributed by atoms with Crippen LogP contribution in [0, 0.1) is 18.3 Å². The van der Waals surface area contributed by atoms with Crippen molar-refractivity contribution in [3.8, 4) is 16.6 Å². The van der Waals surface area contributed by atoms with E-state index in [-0.39, 0.29) is 5.57 Å². The third-order valence-electron chi connectivity index (χ3n) is 3.26. The molecule has 1 amide bonds. The van der Waals surface area contributed by atoms with Crippen LogP contribution in [0.2, 0.25) is 0 Å². The standard InChI is InChI=1S/C18H13N3OS2/c1-12-2-4-15(5-3-12)20-17(22)14(9-19)8-16-11-24-18(21-16)13-6-7-23-10-13/h2-8,10-11H,1H3,(H,20,22)/b14-8-. The van der Waals surface area contributed by atoms with Crippen LogP contribution in [0.4, 0.5) is 5.69 Å². The molecule has 4 nitrogen and oxygen atoms in total. The summed E-state index contributed by atoms with van der Waals surface area (Å²) in [5.41, 5.74) is 3.44. The molecule has 2 heterocycles. The minimum absolute atomic E-state index is 0.0257. The molecule has 0 aliphatic heterocycles. The number of aromatic nitrogens is 1. The maximum atomic E-state index is 12.2. The minimum atomic E-state index is -0.438. The summed E-state index contributed by atoms with van der Waals surface area (Å²) in [6.07, 6.45) is 1.51. The van der Waals surface area contributed by atoms with Crippen LogP contribution in [-0.2, 0) is 4.79 Å².